The van der Waals surface area contributed by atoms with Crippen molar-refractivity contribution in [1.29, 1.82) is 0 Å². The van der Waals surface area contributed by atoms with E-state index in [2.05, 4.69) is 15.8 Å². The third-order valence-electron chi connectivity index (χ3n) is 3.89. The summed E-state index contributed by atoms with van der Waals surface area (Å²) in [4.78, 5) is 35.8. The average molecular weight is 375 g/mol. The molecule has 7 nitrogen and oxygen atoms in total. The Morgan fingerprint density at radius 1 is 1.07 bits per heavy atom. The van der Waals surface area contributed by atoms with Gasteiger partial charge in [-0.3, -0.25) is 14.4 Å². The number of carbonyl (C=O) groups is 3. The highest BCUT2D eigenvalue weighted by molar-refractivity contribution is 6.02. The Bertz CT molecular complexity index is 668. The Morgan fingerprint density at radius 2 is 1.74 bits per heavy atom. The molecule has 1 aromatic carbocycles. The van der Waals surface area contributed by atoms with Gasteiger partial charge in [-0.25, -0.2) is 5.43 Å². The molecule has 2 N–H and O–H groups in total. The standard InChI is InChI=1S/C20H29N3O4/c1-5-8-17(20(26)27-7-3)14(4)22-23-19(25)15-10-12-16(13-11-15)21-18(24)9-6-2/h10-13,17H,5-9H2,1-4H3,(H,21,24)(H,23,25)/b22-14+. The Labute approximate surface area is 160 Å². The first-order valence-electron chi connectivity index (χ1n) is 9.33. The monoisotopic (exact) mass is 375 g/mol. The van der Waals surface area contributed by atoms with Gasteiger partial charge >= 0.3 is 5.97 Å². The maximum absolute atomic E-state index is 12.2. The maximum atomic E-state index is 12.2. The van der Waals surface area contributed by atoms with Crippen molar-refractivity contribution in [3.8, 4) is 0 Å². The molecule has 0 aromatic heterocycles. The van der Waals surface area contributed by atoms with Crippen molar-refractivity contribution in [3.63, 3.8) is 0 Å². The van der Waals surface area contributed by atoms with Crippen LogP contribution in [-0.4, -0.2) is 30.1 Å². The molecule has 0 saturated heterocycles. The van der Waals surface area contributed by atoms with Gasteiger partial charge in [0.1, 0.15) is 0 Å². The molecule has 0 fully saturated rings. The quantitative estimate of drug-likeness (QED) is 0.371. The minimum atomic E-state index is -0.466. The summed E-state index contributed by atoms with van der Waals surface area (Å²) in [7, 11) is 0. The molecule has 0 radical (unpaired) electrons. The lowest BCUT2D eigenvalue weighted by molar-refractivity contribution is -0.145. The molecule has 1 unspecified atom stereocenters. The van der Waals surface area contributed by atoms with Gasteiger partial charge in [-0.05, 0) is 51.0 Å². The molecule has 0 aliphatic heterocycles. The number of hydrogen-bond donors (Lipinski definition) is 2. The van der Waals surface area contributed by atoms with Crippen LogP contribution in [0.4, 0.5) is 5.69 Å². The van der Waals surface area contributed by atoms with E-state index in [1.54, 1.807) is 38.1 Å². The number of anilines is 1. The summed E-state index contributed by atoms with van der Waals surface area (Å²) in [6.45, 7) is 7.66. The lowest BCUT2D eigenvalue weighted by Gasteiger charge is -2.14. The summed E-state index contributed by atoms with van der Waals surface area (Å²) in [6, 6.07) is 6.54. The molecule has 1 atom stereocenters. The van der Waals surface area contributed by atoms with E-state index in [0.29, 0.717) is 36.4 Å². The van der Waals surface area contributed by atoms with Gasteiger partial charge in [-0.15, -0.1) is 0 Å². The normalized spacial score (nSPS) is 12.2. The third-order valence-corrected chi connectivity index (χ3v) is 3.89. The summed E-state index contributed by atoms with van der Waals surface area (Å²) in [6.07, 6.45) is 2.63. The van der Waals surface area contributed by atoms with Crippen molar-refractivity contribution < 1.29 is 19.1 Å². The lowest BCUT2D eigenvalue weighted by atomic mass is 9.99. The molecular weight excluding hydrogens is 346 g/mol. The zero-order valence-electron chi connectivity index (χ0n) is 16.5. The number of ether oxygens (including phenoxy) is 1. The molecule has 1 rings (SSSR count). The molecule has 0 heterocycles. The number of amides is 2. The largest absolute Gasteiger partial charge is 0.465 e. The minimum Gasteiger partial charge on any atom is -0.465 e. The van der Waals surface area contributed by atoms with E-state index in [1.807, 2.05) is 13.8 Å². The first-order chi connectivity index (χ1) is 12.9. The van der Waals surface area contributed by atoms with Gasteiger partial charge in [-0.2, -0.15) is 5.10 Å². The molecule has 0 aliphatic rings. The zero-order valence-corrected chi connectivity index (χ0v) is 16.5. The molecule has 2 amide bonds. The summed E-state index contributed by atoms with van der Waals surface area (Å²) in [5, 5.41) is 6.83. The van der Waals surface area contributed by atoms with Gasteiger partial charge < -0.3 is 10.1 Å². The Hall–Kier alpha value is -2.70. The van der Waals surface area contributed by atoms with E-state index >= 15 is 0 Å². The molecule has 148 valence electrons. The van der Waals surface area contributed by atoms with Crippen molar-refractivity contribution in [2.24, 2.45) is 11.0 Å². The average Bonchev–Trinajstić information content (AvgIpc) is 2.64. The van der Waals surface area contributed by atoms with Crippen LogP contribution in [0.25, 0.3) is 0 Å². The fraction of sp³-hybridized carbons (Fsp3) is 0.500. The second-order valence-electron chi connectivity index (χ2n) is 6.16. The maximum Gasteiger partial charge on any atom is 0.314 e. The van der Waals surface area contributed by atoms with Crippen LogP contribution in [0.5, 0.6) is 0 Å². The molecular formula is C20H29N3O4. The number of esters is 1. The number of hydrogen-bond acceptors (Lipinski definition) is 5. The second kappa shape index (κ2) is 11.8. The molecule has 7 heteroatoms. The molecule has 0 aliphatic carbocycles. The molecule has 1 aromatic rings. The molecule has 27 heavy (non-hydrogen) atoms. The summed E-state index contributed by atoms with van der Waals surface area (Å²) in [5.74, 6) is -1.25. The lowest BCUT2D eigenvalue weighted by Crippen LogP contribution is -2.28. The van der Waals surface area contributed by atoms with Crippen LogP contribution in [0, 0.1) is 5.92 Å². The van der Waals surface area contributed by atoms with Gasteiger partial charge in [0, 0.05) is 23.4 Å². The van der Waals surface area contributed by atoms with E-state index in [9.17, 15) is 14.4 Å². The van der Waals surface area contributed by atoms with E-state index in [4.69, 9.17) is 4.74 Å². The fourth-order valence-electron chi connectivity index (χ4n) is 2.47. The number of benzene rings is 1. The summed E-state index contributed by atoms with van der Waals surface area (Å²) >= 11 is 0. The molecule has 0 bridgehead atoms. The van der Waals surface area contributed by atoms with Crippen LogP contribution < -0.4 is 10.7 Å². The number of hydrazone groups is 1. The van der Waals surface area contributed by atoms with Crippen molar-refractivity contribution >= 4 is 29.2 Å². The van der Waals surface area contributed by atoms with E-state index in [-0.39, 0.29) is 17.8 Å². The topological polar surface area (TPSA) is 96.9 Å². The fourth-order valence-corrected chi connectivity index (χ4v) is 2.47. The van der Waals surface area contributed by atoms with Crippen LogP contribution in [0.2, 0.25) is 0 Å². The predicted molar refractivity (Wildman–Crippen MR) is 106 cm³/mol. The van der Waals surface area contributed by atoms with Gasteiger partial charge in [0.2, 0.25) is 5.91 Å². The van der Waals surface area contributed by atoms with E-state index in [1.165, 1.54) is 0 Å². The number of nitrogens with one attached hydrogen (secondary N) is 2. The van der Waals surface area contributed by atoms with Crippen molar-refractivity contribution in [2.45, 2.75) is 53.4 Å². The zero-order chi connectivity index (χ0) is 20.2. The first kappa shape index (κ1) is 22.3. The van der Waals surface area contributed by atoms with E-state index < -0.39 is 5.92 Å². The number of rotatable bonds is 10. The minimum absolute atomic E-state index is 0.0594. The highest BCUT2D eigenvalue weighted by Gasteiger charge is 2.22. The van der Waals surface area contributed by atoms with Crippen LogP contribution >= 0.6 is 0 Å². The van der Waals surface area contributed by atoms with Gasteiger partial charge in [0.05, 0.1) is 12.5 Å². The van der Waals surface area contributed by atoms with Crippen LogP contribution in [-0.2, 0) is 14.3 Å². The second-order valence-corrected chi connectivity index (χ2v) is 6.16. The number of nitrogens with zero attached hydrogens (tertiary/aromatic N) is 1. The highest BCUT2D eigenvalue weighted by atomic mass is 16.5. The number of carbonyl (C=O) groups excluding carboxylic acids is 3. The smallest absolute Gasteiger partial charge is 0.314 e. The first-order valence-corrected chi connectivity index (χ1v) is 9.33. The van der Waals surface area contributed by atoms with Crippen LogP contribution in [0.15, 0.2) is 29.4 Å². The van der Waals surface area contributed by atoms with E-state index in [0.717, 1.165) is 12.8 Å². The van der Waals surface area contributed by atoms with Crippen molar-refractivity contribution in [2.75, 3.05) is 11.9 Å². The van der Waals surface area contributed by atoms with Gasteiger partial charge in [-0.1, -0.05) is 20.3 Å². The van der Waals surface area contributed by atoms with Crippen molar-refractivity contribution in [3.05, 3.63) is 29.8 Å². The van der Waals surface area contributed by atoms with Gasteiger partial charge in [0.25, 0.3) is 5.91 Å². The SMILES string of the molecule is CCCC(=O)Nc1ccc(C(=O)N/N=C(\C)C(CCC)C(=O)OCC)cc1. The Balaban J connectivity index is 2.72. The molecule has 0 saturated carbocycles. The highest BCUT2D eigenvalue weighted by Crippen LogP contribution is 2.12. The Morgan fingerprint density at radius 3 is 2.30 bits per heavy atom. The van der Waals surface area contributed by atoms with Crippen molar-refractivity contribution in [1.82, 2.24) is 5.43 Å². The third kappa shape index (κ3) is 7.60. The van der Waals surface area contributed by atoms with Crippen LogP contribution in [0.1, 0.15) is 63.7 Å². The summed E-state index contributed by atoms with van der Waals surface area (Å²) < 4.78 is 5.06. The predicted octanol–water partition coefficient (Wildman–Crippen LogP) is 3.51. The van der Waals surface area contributed by atoms with Gasteiger partial charge in [0.15, 0.2) is 0 Å². The Kier molecular flexibility index (Phi) is 9.79. The summed E-state index contributed by atoms with van der Waals surface area (Å²) in [5.41, 5.74) is 4.02. The molecule has 0 spiro atoms. The van der Waals surface area contributed by atoms with Crippen LogP contribution in [0.3, 0.4) is 0 Å².